The lowest BCUT2D eigenvalue weighted by Gasteiger charge is -2.14. The molecule has 1 rings (SSSR count). The van der Waals surface area contributed by atoms with Crippen LogP contribution < -0.4 is 5.32 Å². The first-order chi connectivity index (χ1) is 5.27. The van der Waals surface area contributed by atoms with E-state index >= 15 is 0 Å². The molecule has 4 nitrogen and oxygen atoms in total. The second kappa shape index (κ2) is 3.69. The number of hydrogen-bond donors (Lipinski definition) is 2. The van der Waals surface area contributed by atoms with Crippen LogP contribution in [0.2, 0.25) is 0 Å². The van der Waals surface area contributed by atoms with Gasteiger partial charge >= 0.3 is 0 Å². The molecule has 0 saturated carbocycles. The van der Waals surface area contributed by atoms with Gasteiger partial charge in [0, 0.05) is 26.1 Å². The van der Waals surface area contributed by atoms with Crippen molar-refractivity contribution in [2.75, 3.05) is 20.3 Å². The summed E-state index contributed by atoms with van der Waals surface area (Å²) in [6, 6.07) is -0.00231. The van der Waals surface area contributed by atoms with Gasteiger partial charge in [-0.1, -0.05) is 0 Å². The number of ether oxygens (including phenoxy) is 1. The Morgan fingerprint density at radius 3 is 3.09 bits per heavy atom. The molecule has 0 spiro atoms. The zero-order chi connectivity index (χ0) is 8.27. The third-order valence-corrected chi connectivity index (χ3v) is 1.94. The van der Waals surface area contributed by atoms with E-state index in [0.29, 0.717) is 13.0 Å². The molecule has 0 aromatic carbocycles. The largest absolute Gasteiger partial charge is 0.396 e. The fraction of sp³-hybridized carbons (Fsp3) is 0.857. The molecule has 0 bridgehead atoms. The summed E-state index contributed by atoms with van der Waals surface area (Å²) in [5.74, 6) is 0.0357. The van der Waals surface area contributed by atoms with Crippen LogP contribution in [-0.2, 0) is 9.53 Å². The van der Waals surface area contributed by atoms with E-state index < -0.39 is 0 Å². The van der Waals surface area contributed by atoms with Gasteiger partial charge in [0.25, 0.3) is 0 Å². The summed E-state index contributed by atoms with van der Waals surface area (Å²) in [6.07, 6.45) is 0.421. The summed E-state index contributed by atoms with van der Waals surface area (Å²) in [4.78, 5) is 10.8. The number of methoxy groups -OCH3 is 1. The predicted octanol–water partition coefficient (Wildman–Crippen LogP) is -0.870. The van der Waals surface area contributed by atoms with Crippen LogP contribution in [0.5, 0.6) is 0 Å². The van der Waals surface area contributed by atoms with Crippen LogP contribution in [0.15, 0.2) is 0 Å². The van der Waals surface area contributed by atoms with E-state index in [0.717, 1.165) is 0 Å². The minimum atomic E-state index is -0.00231. The van der Waals surface area contributed by atoms with Gasteiger partial charge in [0.05, 0.1) is 12.6 Å². The van der Waals surface area contributed by atoms with Crippen molar-refractivity contribution in [2.24, 2.45) is 5.92 Å². The highest BCUT2D eigenvalue weighted by Gasteiger charge is 2.31. The number of carbonyl (C=O) groups is 1. The highest BCUT2D eigenvalue weighted by Crippen LogP contribution is 2.15. The van der Waals surface area contributed by atoms with Crippen LogP contribution in [0, 0.1) is 5.92 Å². The number of rotatable bonds is 3. The summed E-state index contributed by atoms with van der Waals surface area (Å²) in [5.41, 5.74) is 0. The first-order valence-corrected chi connectivity index (χ1v) is 3.67. The average molecular weight is 159 g/mol. The normalized spacial score (nSPS) is 30.5. The zero-order valence-electron chi connectivity index (χ0n) is 6.54. The molecule has 1 aliphatic heterocycles. The maximum atomic E-state index is 10.8. The van der Waals surface area contributed by atoms with Crippen molar-refractivity contribution in [1.29, 1.82) is 0 Å². The monoisotopic (exact) mass is 159 g/mol. The molecule has 4 heteroatoms. The van der Waals surface area contributed by atoms with Crippen molar-refractivity contribution < 1.29 is 14.6 Å². The van der Waals surface area contributed by atoms with Crippen LogP contribution in [0.3, 0.4) is 0 Å². The number of amides is 1. The summed E-state index contributed by atoms with van der Waals surface area (Å²) < 4.78 is 4.88. The lowest BCUT2D eigenvalue weighted by atomic mass is 10.0. The Hall–Kier alpha value is -0.610. The maximum absolute atomic E-state index is 10.8. The van der Waals surface area contributed by atoms with E-state index in [-0.39, 0.29) is 24.5 Å². The molecule has 1 heterocycles. The zero-order valence-corrected chi connectivity index (χ0v) is 6.54. The molecule has 0 aromatic rings. The molecule has 11 heavy (non-hydrogen) atoms. The lowest BCUT2D eigenvalue weighted by Crippen LogP contribution is -2.34. The molecule has 2 atom stereocenters. The quantitative estimate of drug-likeness (QED) is 0.562. The Labute approximate surface area is 65.5 Å². The van der Waals surface area contributed by atoms with Gasteiger partial charge in [0.15, 0.2) is 0 Å². The van der Waals surface area contributed by atoms with E-state index in [1.165, 1.54) is 0 Å². The van der Waals surface area contributed by atoms with Crippen molar-refractivity contribution in [3.8, 4) is 0 Å². The molecule has 0 radical (unpaired) electrons. The van der Waals surface area contributed by atoms with E-state index in [1.54, 1.807) is 7.11 Å². The van der Waals surface area contributed by atoms with Gasteiger partial charge in [-0.15, -0.1) is 0 Å². The van der Waals surface area contributed by atoms with Crippen molar-refractivity contribution >= 4 is 5.91 Å². The van der Waals surface area contributed by atoms with Crippen LogP contribution in [0.25, 0.3) is 0 Å². The highest BCUT2D eigenvalue weighted by atomic mass is 16.5. The highest BCUT2D eigenvalue weighted by molar-refractivity contribution is 5.79. The molecule has 0 aromatic heterocycles. The summed E-state index contributed by atoms with van der Waals surface area (Å²) in [7, 11) is 1.58. The molecule has 2 unspecified atom stereocenters. The molecule has 1 saturated heterocycles. The van der Waals surface area contributed by atoms with Gasteiger partial charge in [-0.2, -0.15) is 0 Å². The molecule has 2 N–H and O–H groups in total. The van der Waals surface area contributed by atoms with Crippen LogP contribution in [-0.4, -0.2) is 37.4 Å². The van der Waals surface area contributed by atoms with E-state index in [9.17, 15) is 4.79 Å². The SMILES string of the molecule is COCC1NC(=O)CC1CO. The molecular weight excluding hydrogens is 146 g/mol. The predicted molar refractivity (Wildman–Crippen MR) is 39.0 cm³/mol. The summed E-state index contributed by atoms with van der Waals surface area (Å²) in [5, 5.41) is 11.6. The van der Waals surface area contributed by atoms with Crippen LogP contribution in [0.1, 0.15) is 6.42 Å². The molecule has 0 aliphatic carbocycles. The van der Waals surface area contributed by atoms with Gasteiger partial charge in [-0.05, 0) is 0 Å². The molecule has 64 valence electrons. The van der Waals surface area contributed by atoms with Crippen molar-refractivity contribution in [1.82, 2.24) is 5.32 Å². The van der Waals surface area contributed by atoms with E-state index in [2.05, 4.69) is 5.32 Å². The topological polar surface area (TPSA) is 58.6 Å². The van der Waals surface area contributed by atoms with Gasteiger partial charge in [-0.25, -0.2) is 0 Å². The van der Waals surface area contributed by atoms with Crippen LogP contribution >= 0.6 is 0 Å². The average Bonchev–Trinajstić information content (AvgIpc) is 2.32. The third-order valence-electron chi connectivity index (χ3n) is 1.94. The fourth-order valence-corrected chi connectivity index (χ4v) is 1.31. The first kappa shape index (κ1) is 8.49. The fourth-order valence-electron chi connectivity index (χ4n) is 1.31. The van der Waals surface area contributed by atoms with Crippen molar-refractivity contribution in [3.63, 3.8) is 0 Å². The Balaban J connectivity index is 2.43. The van der Waals surface area contributed by atoms with Gasteiger partial charge < -0.3 is 15.2 Å². The summed E-state index contributed by atoms with van der Waals surface area (Å²) in [6.45, 7) is 0.531. The lowest BCUT2D eigenvalue weighted by molar-refractivity contribution is -0.119. The standard InChI is InChI=1S/C7H13NO3/c1-11-4-6-5(3-9)2-7(10)8-6/h5-6,9H,2-4H2,1H3,(H,8,10). The third kappa shape index (κ3) is 1.91. The Morgan fingerprint density at radius 1 is 1.82 bits per heavy atom. The van der Waals surface area contributed by atoms with Crippen LogP contribution in [0.4, 0.5) is 0 Å². The maximum Gasteiger partial charge on any atom is 0.220 e. The minimum Gasteiger partial charge on any atom is -0.396 e. The number of nitrogens with one attached hydrogen (secondary N) is 1. The van der Waals surface area contributed by atoms with Gasteiger partial charge in [0.2, 0.25) is 5.91 Å². The van der Waals surface area contributed by atoms with E-state index in [4.69, 9.17) is 9.84 Å². The number of carbonyl (C=O) groups excluding carboxylic acids is 1. The van der Waals surface area contributed by atoms with Gasteiger partial charge in [0.1, 0.15) is 0 Å². The van der Waals surface area contributed by atoms with Crippen molar-refractivity contribution in [3.05, 3.63) is 0 Å². The smallest absolute Gasteiger partial charge is 0.220 e. The molecule has 1 amide bonds. The molecule has 1 fully saturated rings. The number of aliphatic hydroxyl groups is 1. The Morgan fingerprint density at radius 2 is 2.55 bits per heavy atom. The number of hydrogen-bond acceptors (Lipinski definition) is 3. The molecular formula is C7H13NO3. The van der Waals surface area contributed by atoms with Crippen molar-refractivity contribution in [2.45, 2.75) is 12.5 Å². The Kier molecular flexibility index (Phi) is 2.84. The summed E-state index contributed by atoms with van der Waals surface area (Å²) >= 11 is 0. The molecule has 1 aliphatic rings. The first-order valence-electron chi connectivity index (χ1n) is 3.67. The minimum absolute atomic E-state index is 0.00231. The number of aliphatic hydroxyl groups excluding tert-OH is 1. The van der Waals surface area contributed by atoms with Gasteiger partial charge in [-0.3, -0.25) is 4.79 Å². The van der Waals surface area contributed by atoms with E-state index in [1.807, 2.05) is 0 Å². The second-order valence-corrected chi connectivity index (χ2v) is 2.78. The Bertz CT molecular complexity index is 149. The second-order valence-electron chi connectivity index (χ2n) is 2.78.